The van der Waals surface area contributed by atoms with E-state index >= 15 is 0 Å². The molecule has 0 aliphatic heterocycles. The normalized spacial score (nSPS) is 10.4. The number of ether oxygens (including phenoxy) is 2. The minimum Gasteiger partial charge on any atom is -0.493 e. The van der Waals surface area contributed by atoms with Crippen molar-refractivity contribution in [3.63, 3.8) is 0 Å². The Balaban J connectivity index is 2.00. The molecular weight excluding hydrogens is 314 g/mol. The summed E-state index contributed by atoms with van der Waals surface area (Å²) in [6.07, 6.45) is 1.29. The van der Waals surface area contributed by atoms with Crippen molar-refractivity contribution >= 4 is 5.91 Å². The second-order valence-corrected chi connectivity index (χ2v) is 6.09. The summed E-state index contributed by atoms with van der Waals surface area (Å²) in [6, 6.07) is 14.1. The Hall–Kier alpha value is -2.49. The minimum atomic E-state index is 0.166. The Kier molecular flexibility index (Phi) is 6.87. The molecule has 0 atom stereocenters. The second-order valence-electron chi connectivity index (χ2n) is 6.09. The van der Waals surface area contributed by atoms with E-state index in [-0.39, 0.29) is 5.91 Å². The maximum absolute atomic E-state index is 12.6. The molecule has 134 valence electrons. The van der Waals surface area contributed by atoms with Crippen LogP contribution in [0.4, 0.5) is 0 Å². The lowest BCUT2D eigenvalue weighted by atomic mass is 10.1. The molecule has 0 heterocycles. The van der Waals surface area contributed by atoms with Gasteiger partial charge in [-0.15, -0.1) is 0 Å². The number of carbonyl (C=O) groups is 1. The van der Waals surface area contributed by atoms with Crippen LogP contribution in [-0.2, 0) is 17.8 Å². The molecular formula is C21H27NO3. The molecule has 0 aromatic heterocycles. The molecule has 0 aliphatic rings. The van der Waals surface area contributed by atoms with Crippen LogP contribution in [0, 0.1) is 6.92 Å². The first-order valence-corrected chi connectivity index (χ1v) is 8.61. The molecule has 25 heavy (non-hydrogen) atoms. The molecule has 0 N–H and O–H groups in total. The van der Waals surface area contributed by atoms with Gasteiger partial charge in [-0.2, -0.15) is 0 Å². The van der Waals surface area contributed by atoms with Gasteiger partial charge in [0.15, 0.2) is 11.5 Å². The summed E-state index contributed by atoms with van der Waals surface area (Å²) < 4.78 is 10.6. The van der Waals surface area contributed by atoms with Crippen LogP contribution in [0.2, 0.25) is 0 Å². The summed E-state index contributed by atoms with van der Waals surface area (Å²) in [6.45, 7) is 5.33. The maximum atomic E-state index is 12.6. The monoisotopic (exact) mass is 341 g/mol. The Morgan fingerprint density at radius 3 is 2.40 bits per heavy atom. The number of amides is 1. The van der Waals surface area contributed by atoms with Crippen LogP contribution >= 0.6 is 0 Å². The van der Waals surface area contributed by atoms with E-state index in [1.807, 2.05) is 36.1 Å². The summed E-state index contributed by atoms with van der Waals surface area (Å²) in [4.78, 5) is 14.5. The van der Waals surface area contributed by atoms with Crippen LogP contribution in [0.25, 0.3) is 0 Å². The van der Waals surface area contributed by atoms with Gasteiger partial charge in [-0.1, -0.05) is 35.9 Å². The van der Waals surface area contributed by atoms with Crippen molar-refractivity contribution in [2.75, 3.05) is 20.8 Å². The molecule has 0 unspecified atom stereocenters. The second kappa shape index (κ2) is 9.11. The van der Waals surface area contributed by atoms with Gasteiger partial charge in [-0.3, -0.25) is 4.79 Å². The molecule has 1 amide bonds. The lowest BCUT2D eigenvalue weighted by Gasteiger charge is -2.22. The average molecular weight is 341 g/mol. The highest BCUT2D eigenvalue weighted by Gasteiger charge is 2.14. The van der Waals surface area contributed by atoms with Crippen LogP contribution in [0.1, 0.15) is 30.0 Å². The Bertz CT molecular complexity index is 712. The van der Waals surface area contributed by atoms with Crippen molar-refractivity contribution in [2.24, 2.45) is 0 Å². The fraction of sp³-hybridized carbons (Fsp3) is 0.381. The third-order valence-electron chi connectivity index (χ3n) is 4.27. The average Bonchev–Trinajstić information content (AvgIpc) is 2.64. The molecule has 4 nitrogen and oxygen atoms in total. The summed E-state index contributed by atoms with van der Waals surface area (Å²) in [7, 11) is 3.23. The Morgan fingerprint density at radius 1 is 1.00 bits per heavy atom. The zero-order valence-corrected chi connectivity index (χ0v) is 15.5. The van der Waals surface area contributed by atoms with E-state index in [1.54, 1.807) is 14.2 Å². The highest BCUT2D eigenvalue weighted by Crippen LogP contribution is 2.28. The van der Waals surface area contributed by atoms with E-state index in [9.17, 15) is 4.79 Å². The fourth-order valence-electron chi connectivity index (χ4n) is 2.85. The predicted octanol–water partition coefficient (Wildman–Crippen LogP) is 3.99. The molecule has 0 fully saturated rings. The van der Waals surface area contributed by atoms with Crippen molar-refractivity contribution in [3.05, 3.63) is 59.2 Å². The number of hydrogen-bond acceptors (Lipinski definition) is 3. The standard InChI is InChI=1S/C21H27NO3/c1-5-22(15-18-9-11-19(24-3)20(14-18)25-4)21(23)12-10-17-8-6-7-16(2)13-17/h6-9,11,13-14H,5,10,12,15H2,1-4H3. The van der Waals surface area contributed by atoms with Gasteiger partial charge in [-0.25, -0.2) is 0 Å². The van der Waals surface area contributed by atoms with Crippen molar-refractivity contribution in [1.29, 1.82) is 0 Å². The third kappa shape index (κ3) is 5.24. The van der Waals surface area contributed by atoms with Crippen molar-refractivity contribution < 1.29 is 14.3 Å². The zero-order chi connectivity index (χ0) is 18.2. The first kappa shape index (κ1) is 18.8. The van der Waals surface area contributed by atoms with Crippen molar-refractivity contribution in [3.8, 4) is 11.5 Å². The van der Waals surface area contributed by atoms with Crippen molar-refractivity contribution in [2.45, 2.75) is 33.2 Å². The summed E-state index contributed by atoms with van der Waals surface area (Å²) >= 11 is 0. The van der Waals surface area contributed by atoms with E-state index in [4.69, 9.17) is 9.47 Å². The topological polar surface area (TPSA) is 38.8 Å². The molecule has 0 spiro atoms. The largest absolute Gasteiger partial charge is 0.493 e. The van der Waals surface area contributed by atoms with Gasteiger partial charge in [0.2, 0.25) is 5.91 Å². The van der Waals surface area contributed by atoms with Gasteiger partial charge in [0, 0.05) is 19.5 Å². The van der Waals surface area contributed by atoms with E-state index in [2.05, 4.69) is 25.1 Å². The van der Waals surface area contributed by atoms with E-state index < -0.39 is 0 Å². The number of methoxy groups -OCH3 is 2. The quantitative estimate of drug-likeness (QED) is 0.729. The summed E-state index contributed by atoms with van der Waals surface area (Å²) in [5.41, 5.74) is 3.46. The molecule has 0 radical (unpaired) electrons. The van der Waals surface area contributed by atoms with E-state index in [0.717, 1.165) is 12.0 Å². The van der Waals surface area contributed by atoms with Crippen molar-refractivity contribution in [1.82, 2.24) is 4.90 Å². The number of rotatable bonds is 8. The number of carbonyl (C=O) groups excluding carboxylic acids is 1. The van der Waals surface area contributed by atoms with Crippen LogP contribution in [0.5, 0.6) is 11.5 Å². The molecule has 2 aromatic rings. The SMILES string of the molecule is CCN(Cc1ccc(OC)c(OC)c1)C(=O)CCc1cccc(C)c1. The number of aryl methyl sites for hydroxylation is 2. The van der Waals surface area contributed by atoms with Gasteiger partial charge < -0.3 is 14.4 Å². The third-order valence-corrected chi connectivity index (χ3v) is 4.27. The predicted molar refractivity (Wildman–Crippen MR) is 100 cm³/mol. The highest BCUT2D eigenvalue weighted by molar-refractivity contribution is 5.76. The summed E-state index contributed by atoms with van der Waals surface area (Å²) in [5, 5.41) is 0. The van der Waals surface area contributed by atoms with Crippen LogP contribution < -0.4 is 9.47 Å². The molecule has 0 saturated carbocycles. The molecule has 0 saturated heterocycles. The zero-order valence-electron chi connectivity index (χ0n) is 15.5. The number of nitrogens with zero attached hydrogens (tertiary/aromatic N) is 1. The maximum Gasteiger partial charge on any atom is 0.223 e. The van der Waals surface area contributed by atoms with Crippen LogP contribution in [0.3, 0.4) is 0 Å². The van der Waals surface area contributed by atoms with E-state index in [0.29, 0.717) is 31.0 Å². The molecule has 4 heteroatoms. The molecule has 2 rings (SSSR count). The highest BCUT2D eigenvalue weighted by atomic mass is 16.5. The van der Waals surface area contributed by atoms with Gasteiger partial charge in [-0.05, 0) is 43.5 Å². The molecule has 0 bridgehead atoms. The van der Waals surface area contributed by atoms with Gasteiger partial charge >= 0.3 is 0 Å². The van der Waals surface area contributed by atoms with Crippen LogP contribution in [0.15, 0.2) is 42.5 Å². The smallest absolute Gasteiger partial charge is 0.223 e. The first-order chi connectivity index (χ1) is 12.1. The Morgan fingerprint density at radius 2 is 1.76 bits per heavy atom. The lowest BCUT2D eigenvalue weighted by Crippen LogP contribution is -2.30. The molecule has 2 aromatic carbocycles. The van der Waals surface area contributed by atoms with Crippen LogP contribution in [-0.4, -0.2) is 31.6 Å². The fourth-order valence-corrected chi connectivity index (χ4v) is 2.85. The van der Waals surface area contributed by atoms with Gasteiger partial charge in [0.05, 0.1) is 14.2 Å². The minimum absolute atomic E-state index is 0.166. The number of hydrogen-bond donors (Lipinski definition) is 0. The Labute approximate surface area is 150 Å². The number of benzene rings is 2. The van der Waals surface area contributed by atoms with E-state index in [1.165, 1.54) is 11.1 Å². The lowest BCUT2D eigenvalue weighted by molar-refractivity contribution is -0.131. The van der Waals surface area contributed by atoms with Gasteiger partial charge in [0.25, 0.3) is 0 Å². The first-order valence-electron chi connectivity index (χ1n) is 8.61. The molecule has 0 aliphatic carbocycles. The summed E-state index contributed by atoms with van der Waals surface area (Å²) in [5.74, 6) is 1.54. The van der Waals surface area contributed by atoms with Gasteiger partial charge in [0.1, 0.15) is 0 Å².